The van der Waals surface area contributed by atoms with Crippen molar-refractivity contribution in [2.45, 2.75) is 6.92 Å². The van der Waals surface area contributed by atoms with Crippen LogP contribution >= 0.6 is 0 Å². The van der Waals surface area contributed by atoms with Crippen LogP contribution in [-0.2, 0) is 4.79 Å². The maximum atomic E-state index is 14.0. The molecule has 3 rings (SSSR count). The topological polar surface area (TPSA) is 65.2 Å². The van der Waals surface area contributed by atoms with Crippen molar-refractivity contribution in [3.05, 3.63) is 35.3 Å². The maximum Gasteiger partial charge on any atom is 0.295 e. The lowest BCUT2D eigenvalue weighted by molar-refractivity contribution is -0.126. The molecule has 1 fully saturated rings. The van der Waals surface area contributed by atoms with E-state index < -0.39 is 17.5 Å². The Hall–Kier alpha value is -2.21. The van der Waals surface area contributed by atoms with Gasteiger partial charge in [0.25, 0.3) is 11.7 Å². The largest absolute Gasteiger partial charge is 0.360 e. The highest BCUT2D eigenvalue weighted by Gasteiger charge is 2.27. The van der Waals surface area contributed by atoms with Crippen LogP contribution in [-0.4, -0.2) is 47.8 Å². The minimum atomic E-state index is -0.660. The quantitative estimate of drug-likeness (QED) is 0.645. The number of fused-ring (bicyclic) bond motifs is 1. The first-order valence-electron chi connectivity index (χ1n) is 6.90. The summed E-state index contributed by atoms with van der Waals surface area (Å²) >= 11 is 0. The maximum absolute atomic E-state index is 14.0. The molecule has 1 aliphatic heterocycles. The van der Waals surface area contributed by atoms with Crippen molar-refractivity contribution < 1.29 is 14.0 Å². The Morgan fingerprint density at radius 3 is 2.67 bits per heavy atom. The first-order chi connectivity index (χ1) is 10.1. The lowest BCUT2D eigenvalue weighted by atomic mass is 10.1. The van der Waals surface area contributed by atoms with Crippen LogP contribution in [0.5, 0.6) is 0 Å². The van der Waals surface area contributed by atoms with Gasteiger partial charge in [-0.25, -0.2) is 4.39 Å². The minimum absolute atomic E-state index is 0.106. The molecule has 2 aromatic rings. The van der Waals surface area contributed by atoms with Crippen molar-refractivity contribution in [2.24, 2.45) is 0 Å². The van der Waals surface area contributed by atoms with Crippen molar-refractivity contribution >= 4 is 22.6 Å². The van der Waals surface area contributed by atoms with E-state index in [1.165, 1.54) is 17.2 Å². The van der Waals surface area contributed by atoms with E-state index in [1.54, 1.807) is 6.07 Å². The number of nitrogens with one attached hydrogen (secondary N) is 2. The van der Waals surface area contributed by atoms with Crippen LogP contribution in [0.2, 0.25) is 0 Å². The van der Waals surface area contributed by atoms with Gasteiger partial charge < -0.3 is 15.2 Å². The van der Waals surface area contributed by atoms with Gasteiger partial charge in [0, 0.05) is 37.8 Å². The van der Waals surface area contributed by atoms with E-state index in [1.807, 2.05) is 6.92 Å². The van der Waals surface area contributed by atoms with E-state index >= 15 is 0 Å². The highest BCUT2D eigenvalue weighted by atomic mass is 19.1. The van der Waals surface area contributed by atoms with Crippen LogP contribution in [0.25, 0.3) is 10.9 Å². The smallest absolute Gasteiger partial charge is 0.295 e. The molecule has 1 aliphatic rings. The summed E-state index contributed by atoms with van der Waals surface area (Å²) in [6.45, 7) is 4.15. The summed E-state index contributed by atoms with van der Waals surface area (Å²) in [5.41, 5.74) is 1.50. The van der Waals surface area contributed by atoms with Gasteiger partial charge in [-0.05, 0) is 18.6 Å². The van der Waals surface area contributed by atoms with E-state index in [0.29, 0.717) is 31.7 Å². The van der Waals surface area contributed by atoms with Crippen LogP contribution in [0.1, 0.15) is 15.9 Å². The zero-order chi connectivity index (χ0) is 15.0. The third-order valence-electron chi connectivity index (χ3n) is 3.84. The van der Waals surface area contributed by atoms with Crippen molar-refractivity contribution in [1.29, 1.82) is 0 Å². The number of carbonyl (C=O) groups is 2. The molecule has 110 valence electrons. The number of ketones is 1. The predicted octanol–water partition coefficient (Wildman–Crippen LogP) is 1.23. The molecular weight excluding hydrogens is 273 g/mol. The Balaban J connectivity index is 1.98. The van der Waals surface area contributed by atoms with Gasteiger partial charge in [-0.15, -0.1) is 0 Å². The summed E-state index contributed by atoms with van der Waals surface area (Å²) in [4.78, 5) is 29.0. The standard InChI is InChI=1S/C15H16FN3O2/c1-9-2-3-11(16)12-10(8-18-13(9)12)14(20)15(21)19-6-4-17-5-7-19/h2-3,8,17-18H,4-7H2,1H3. The molecule has 6 heteroatoms. The van der Waals surface area contributed by atoms with E-state index in [4.69, 9.17) is 0 Å². The zero-order valence-electron chi connectivity index (χ0n) is 11.7. The average molecular weight is 289 g/mol. The molecule has 0 unspecified atom stereocenters. The number of benzene rings is 1. The number of piperazine rings is 1. The monoisotopic (exact) mass is 289 g/mol. The first-order valence-corrected chi connectivity index (χ1v) is 6.90. The van der Waals surface area contributed by atoms with Crippen LogP contribution < -0.4 is 5.32 Å². The summed E-state index contributed by atoms with van der Waals surface area (Å²) < 4.78 is 14.0. The summed E-state index contributed by atoms with van der Waals surface area (Å²) in [5.74, 6) is -1.72. The molecule has 1 aromatic carbocycles. The Labute approximate surface area is 121 Å². The van der Waals surface area contributed by atoms with Gasteiger partial charge in [0.1, 0.15) is 5.82 Å². The Morgan fingerprint density at radius 2 is 1.95 bits per heavy atom. The summed E-state index contributed by atoms with van der Waals surface area (Å²) in [5, 5.41) is 3.32. The molecule has 1 aromatic heterocycles. The van der Waals surface area contributed by atoms with Gasteiger partial charge in [-0.2, -0.15) is 0 Å². The van der Waals surface area contributed by atoms with Gasteiger partial charge >= 0.3 is 0 Å². The van der Waals surface area contributed by atoms with Gasteiger partial charge in [0.2, 0.25) is 0 Å². The van der Waals surface area contributed by atoms with Crippen molar-refractivity contribution in [3.8, 4) is 0 Å². The average Bonchev–Trinajstić information content (AvgIpc) is 2.96. The number of aromatic amines is 1. The second kappa shape index (κ2) is 5.29. The number of amides is 1. The Morgan fingerprint density at radius 1 is 1.24 bits per heavy atom. The SMILES string of the molecule is Cc1ccc(F)c2c(C(=O)C(=O)N3CCNCC3)c[nH]c12. The molecule has 5 nitrogen and oxygen atoms in total. The van der Waals surface area contributed by atoms with Gasteiger partial charge in [-0.3, -0.25) is 9.59 Å². The summed E-state index contributed by atoms with van der Waals surface area (Å²) in [6, 6.07) is 2.96. The predicted molar refractivity (Wildman–Crippen MR) is 76.8 cm³/mol. The molecule has 0 atom stereocenters. The fraction of sp³-hybridized carbons (Fsp3) is 0.333. The molecular formula is C15H16FN3O2. The zero-order valence-corrected chi connectivity index (χ0v) is 11.7. The highest BCUT2D eigenvalue weighted by molar-refractivity contribution is 6.44. The molecule has 0 bridgehead atoms. The molecule has 21 heavy (non-hydrogen) atoms. The van der Waals surface area contributed by atoms with E-state index in [9.17, 15) is 14.0 Å². The number of halogens is 1. The third-order valence-corrected chi connectivity index (χ3v) is 3.84. The number of aryl methyl sites for hydroxylation is 1. The van der Waals surface area contributed by atoms with Gasteiger partial charge in [0.05, 0.1) is 11.1 Å². The number of carbonyl (C=O) groups excluding carboxylic acids is 2. The molecule has 0 saturated carbocycles. The number of hydrogen-bond acceptors (Lipinski definition) is 3. The molecule has 1 saturated heterocycles. The number of H-pyrrole nitrogens is 1. The lowest BCUT2D eigenvalue weighted by Gasteiger charge is -2.26. The first kappa shape index (κ1) is 13.8. The number of hydrogen-bond donors (Lipinski definition) is 2. The second-order valence-electron chi connectivity index (χ2n) is 5.19. The highest BCUT2D eigenvalue weighted by Crippen LogP contribution is 2.25. The molecule has 0 aliphatic carbocycles. The molecule has 2 N–H and O–H groups in total. The third kappa shape index (κ3) is 2.31. The lowest BCUT2D eigenvalue weighted by Crippen LogP contribution is -2.48. The van der Waals surface area contributed by atoms with Crippen molar-refractivity contribution in [3.63, 3.8) is 0 Å². The fourth-order valence-electron chi connectivity index (χ4n) is 2.65. The molecule has 2 heterocycles. The number of nitrogens with zero attached hydrogens (tertiary/aromatic N) is 1. The van der Waals surface area contributed by atoms with E-state index in [2.05, 4.69) is 10.3 Å². The molecule has 0 spiro atoms. The number of aromatic nitrogens is 1. The summed E-state index contributed by atoms with van der Waals surface area (Å²) in [6.07, 6.45) is 1.42. The van der Waals surface area contributed by atoms with Crippen LogP contribution in [0.15, 0.2) is 18.3 Å². The Kier molecular flexibility index (Phi) is 3.47. The van der Waals surface area contributed by atoms with E-state index in [-0.39, 0.29) is 10.9 Å². The van der Waals surface area contributed by atoms with Crippen molar-refractivity contribution in [2.75, 3.05) is 26.2 Å². The summed E-state index contributed by atoms with van der Waals surface area (Å²) in [7, 11) is 0. The van der Waals surface area contributed by atoms with Crippen LogP contribution in [0.4, 0.5) is 4.39 Å². The molecule has 1 amide bonds. The second-order valence-corrected chi connectivity index (χ2v) is 5.19. The van der Waals surface area contributed by atoms with Gasteiger partial charge in [0.15, 0.2) is 0 Å². The van der Waals surface area contributed by atoms with E-state index in [0.717, 1.165) is 5.56 Å². The Bertz CT molecular complexity index is 717. The van der Waals surface area contributed by atoms with Crippen molar-refractivity contribution in [1.82, 2.24) is 15.2 Å². The van der Waals surface area contributed by atoms with Gasteiger partial charge in [-0.1, -0.05) is 6.07 Å². The normalized spacial score (nSPS) is 15.4. The van der Waals surface area contributed by atoms with Crippen LogP contribution in [0, 0.1) is 12.7 Å². The van der Waals surface area contributed by atoms with Crippen LogP contribution in [0.3, 0.4) is 0 Å². The minimum Gasteiger partial charge on any atom is -0.360 e. The molecule has 0 radical (unpaired) electrons. The number of Topliss-reactive ketones (excluding diaryl/α,β-unsaturated/α-hetero) is 1. The number of rotatable bonds is 2. The fourth-order valence-corrected chi connectivity index (χ4v) is 2.65.